The second kappa shape index (κ2) is 5.20. The van der Waals surface area contributed by atoms with E-state index in [0.717, 1.165) is 49.1 Å². The summed E-state index contributed by atoms with van der Waals surface area (Å²) in [5.41, 5.74) is 2.31. The molecule has 96 valence electrons. The summed E-state index contributed by atoms with van der Waals surface area (Å²) in [6, 6.07) is 0. The molecule has 1 fully saturated rings. The van der Waals surface area contributed by atoms with Gasteiger partial charge in [0.15, 0.2) is 0 Å². The van der Waals surface area contributed by atoms with Crippen LogP contribution in [-0.4, -0.2) is 23.2 Å². The van der Waals surface area contributed by atoms with E-state index in [9.17, 15) is 0 Å². The second-order valence-electron chi connectivity index (χ2n) is 4.88. The van der Waals surface area contributed by atoms with E-state index in [1.165, 1.54) is 12.0 Å². The third-order valence-corrected chi connectivity index (χ3v) is 4.35. The van der Waals surface area contributed by atoms with Crippen molar-refractivity contribution in [3.05, 3.63) is 22.2 Å². The number of nitrogens with zero attached hydrogens (tertiary/aromatic N) is 2. The van der Waals surface area contributed by atoms with Crippen molar-refractivity contribution in [1.82, 2.24) is 15.5 Å². The molecule has 0 amide bonds. The Morgan fingerprint density at radius 2 is 2.44 bits per heavy atom. The molecule has 0 bridgehead atoms. The number of nitrogens with one attached hydrogen (secondary N) is 1. The minimum absolute atomic E-state index is 0.730. The first-order valence-electron chi connectivity index (χ1n) is 6.39. The first-order chi connectivity index (χ1) is 8.83. The number of aromatic nitrogens is 2. The fraction of sp³-hybridized carbons (Fsp3) is 0.538. The lowest BCUT2D eigenvalue weighted by Gasteiger charge is -2.03. The van der Waals surface area contributed by atoms with Gasteiger partial charge in [0.2, 0.25) is 11.7 Å². The molecule has 4 nitrogen and oxygen atoms in total. The Morgan fingerprint density at radius 1 is 1.50 bits per heavy atom. The van der Waals surface area contributed by atoms with Gasteiger partial charge in [0.25, 0.3) is 0 Å². The third kappa shape index (κ3) is 2.47. The van der Waals surface area contributed by atoms with Crippen LogP contribution in [0.25, 0.3) is 11.4 Å². The van der Waals surface area contributed by atoms with Crippen LogP contribution in [0.5, 0.6) is 0 Å². The van der Waals surface area contributed by atoms with E-state index >= 15 is 0 Å². The molecule has 0 radical (unpaired) electrons. The van der Waals surface area contributed by atoms with Gasteiger partial charge >= 0.3 is 0 Å². The quantitative estimate of drug-likeness (QED) is 0.921. The van der Waals surface area contributed by atoms with E-state index in [4.69, 9.17) is 4.52 Å². The van der Waals surface area contributed by atoms with Crippen molar-refractivity contribution in [2.45, 2.75) is 26.2 Å². The molecule has 0 aromatic carbocycles. The van der Waals surface area contributed by atoms with Gasteiger partial charge < -0.3 is 9.84 Å². The highest BCUT2D eigenvalue weighted by molar-refractivity contribution is 7.08. The van der Waals surface area contributed by atoms with Gasteiger partial charge in [0.05, 0.1) is 0 Å². The van der Waals surface area contributed by atoms with Gasteiger partial charge in [-0.2, -0.15) is 16.3 Å². The molecule has 1 N–H and O–H groups in total. The molecule has 1 atom stereocenters. The predicted octanol–water partition coefficient (Wildman–Crippen LogP) is 2.65. The van der Waals surface area contributed by atoms with Crippen LogP contribution in [0, 0.1) is 12.8 Å². The maximum Gasteiger partial charge on any atom is 0.226 e. The van der Waals surface area contributed by atoms with Gasteiger partial charge in [-0.25, -0.2) is 0 Å². The van der Waals surface area contributed by atoms with Crippen molar-refractivity contribution in [2.75, 3.05) is 13.1 Å². The topological polar surface area (TPSA) is 51.0 Å². The van der Waals surface area contributed by atoms with Crippen molar-refractivity contribution < 1.29 is 4.52 Å². The summed E-state index contributed by atoms with van der Waals surface area (Å²) in [7, 11) is 0. The maximum absolute atomic E-state index is 5.33. The lowest BCUT2D eigenvalue weighted by molar-refractivity contribution is 0.365. The Morgan fingerprint density at radius 3 is 3.17 bits per heavy atom. The molecule has 2 aromatic heterocycles. The SMILES string of the molecule is Cc1cscc1-c1noc(CCC2CCNC2)n1. The Hall–Kier alpha value is -1.20. The summed E-state index contributed by atoms with van der Waals surface area (Å²) in [6.45, 7) is 4.35. The molecule has 0 saturated carbocycles. The Kier molecular flexibility index (Phi) is 3.43. The van der Waals surface area contributed by atoms with Crippen molar-refractivity contribution in [3.8, 4) is 11.4 Å². The van der Waals surface area contributed by atoms with E-state index in [2.05, 4.69) is 33.1 Å². The van der Waals surface area contributed by atoms with Gasteiger partial charge in [-0.05, 0) is 49.7 Å². The number of rotatable bonds is 4. The zero-order chi connectivity index (χ0) is 12.4. The average molecular weight is 263 g/mol. The Labute approximate surface area is 110 Å². The van der Waals surface area contributed by atoms with Gasteiger partial charge in [-0.3, -0.25) is 0 Å². The minimum atomic E-state index is 0.730. The van der Waals surface area contributed by atoms with Gasteiger partial charge in [-0.15, -0.1) is 0 Å². The molecule has 5 heteroatoms. The molecule has 0 spiro atoms. The number of hydrogen-bond donors (Lipinski definition) is 1. The highest BCUT2D eigenvalue weighted by atomic mass is 32.1. The predicted molar refractivity (Wildman–Crippen MR) is 71.6 cm³/mol. The van der Waals surface area contributed by atoms with Crippen LogP contribution >= 0.6 is 11.3 Å². The van der Waals surface area contributed by atoms with E-state index in [1.54, 1.807) is 11.3 Å². The fourth-order valence-electron chi connectivity index (χ4n) is 2.34. The van der Waals surface area contributed by atoms with Gasteiger partial charge in [0, 0.05) is 17.4 Å². The average Bonchev–Trinajstić information content (AvgIpc) is 3.07. The van der Waals surface area contributed by atoms with Gasteiger partial charge in [0.1, 0.15) is 0 Å². The van der Waals surface area contributed by atoms with E-state index in [-0.39, 0.29) is 0 Å². The highest BCUT2D eigenvalue weighted by Gasteiger charge is 2.16. The monoisotopic (exact) mass is 263 g/mol. The summed E-state index contributed by atoms with van der Waals surface area (Å²) >= 11 is 1.67. The van der Waals surface area contributed by atoms with Crippen molar-refractivity contribution >= 4 is 11.3 Å². The molecular weight excluding hydrogens is 246 g/mol. The van der Waals surface area contributed by atoms with Crippen LogP contribution in [0.1, 0.15) is 24.3 Å². The zero-order valence-electron chi connectivity index (χ0n) is 10.5. The third-order valence-electron chi connectivity index (χ3n) is 3.49. The summed E-state index contributed by atoms with van der Waals surface area (Å²) in [4.78, 5) is 4.48. The highest BCUT2D eigenvalue weighted by Crippen LogP contribution is 2.24. The Balaban J connectivity index is 1.64. The maximum atomic E-state index is 5.33. The van der Waals surface area contributed by atoms with E-state index < -0.39 is 0 Å². The normalized spacial score (nSPS) is 19.5. The van der Waals surface area contributed by atoms with Crippen molar-refractivity contribution in [2.24, 2.45) is 5.92 Å². The molecule has 2 aromatic rings. The molecule has 3 rings (SSSR count). The molecule has 0 aliphatic carbocycles. The summed E-state index contributed by atoms with van der Waals surface area (Å²) in [6.07, 6.45) is 3.30. The van der Waals surface area contributed by atoms with E-state index in [0.29, 0.717) is 0 Å². The minimum Gasteiger partial charge on any atom is -0.339 e. The van der Waals surface area contributed by atoms with Crippen LogP contribution in [-0.2, 0) is 6.42 Å². The number of thiophene rings is 1. The molecule has 1 unspecified atom stereocenters. The molecule has 1 aliphatic rings. The van der Waals surface area contributed by atoms with Crippen LogP contribution < -0.4 is 5.32 Å². The second-order valence-corrected chi connectivity index (χ2v) is 5.62. The smallest absolute Gasteiger partial charge is 0.226 e. The standard InChI is InChI=1S/C13H17N3OS/c1-9-7-18-8-11(9)13-15-12(17-16-13)3-2-10-4-5-14-6-10/h7-8,10,14H,2-6H2,1H3. The van der Waals surface area contributed by atoms with Crippen molar-refractivity contribution in [3.63, 3.8) is 0 Å². The Bertz CT molecular complexity index is 514. The molecule has 18 heavy (non-hydrogen) atoms. The summed E-state index contributed by atoms with van der Waals surface area (Å²) in [5, 5.41) is 11.6. The van der Waals surface area contributed by atoms with Crippen LogP contribution in [0.3, 0.4) is 0 Å². The molecule has 1 saturated heterocycles. The zero-order valence-corrected chi connectivity index (χ0v) is 11.3. The largest absolute Gasteiger partial charge is 0.339 e. The summed E-state index contributed by atoms with van der Waals surface area (Å²) < 4.78 is 5.33. The lowest BCUT2D eigenvalue weighted by atomic mass is 10.0. The van der Waals surface area contributed by atoms with E-state index in [1.807, 2.05) is 0 Å². The van der Waals surface area contributed by atoms with Crippen LogP contribution in [0.15, 0.2) is 15.3 Å². The van der Waals surface area contributed by atoms with Crippen LogP contribution in [0.4, 0.5) is 0 Å². The fourth-order valence-corrected chi connectivity index (χ4v) is 3.17. The molecule has 1 aliphatic heterocycles. The number of hydrogen-bond acceptors (Lipinski definition) is 5. The lowest BCUT2D eigenvalue weighted by Crippen LogP contribution is -2.09. The molecule has 3 heterocycles. The van der Waals surface area contributed by atoms with Gasteiger partial charge in [-0.1, -0.05) is 5.16 Å². The number of aryl methyl sites for hydroxylation is 2. The van der Waals surface area contributed by atoms with Crippen LogP contribution in [0.2, 0.25) is 0 Å². The summed E-state index contributed by atoms with van der Waals surface area (Å²) in [5.74, 6) is 2.26. The first kappa shape index (κ1) is 11.9. The van der Waals surface area contributed by atoms with Crippen molar-refractivity contribution in [1.29, 1.82) is 0 Å². The first-order valence-corrected chi connectivity index (χ1v) is 7.33. The molecular formula is C13H17N3OS.